The Morgan fingerprint density at radius 2 is 2.00 bits per heavy atom. The monoisotopic (exact) mass is 126 g/mol. The van der Waals surface area contributed by atoms with Crippen LogP contribution in [0.4, 0.5) is 0 Å². The summed E-state index contributed by atoms with van der Waals surface area (Å²) in [5, 5.41) is 0. The molecule has 0 N–H and O–H groups in total. The Hall–Kier alpha value is -0.480. The van der Waals surface area contributed by atoms with E-state index in [1.54, 1.807) is 0 Å². The van der Waals surface area contributed by atoms with Crippen molar-refractivity contribution >= 4 is 0 Å². The summed E-state index contributed by atoms with van der Waals surface area (Å²) >= 11 is 0. The van der Waals surface area contributed by atoms with Crippen LogP contribution in [0.25, 0.3) is 0 Å². The molecule has 9 heavy (non-hydrogen) atoms. The van der Waals surface area contributed by atoms with Crippen LogP contribution in [0.3, 0.4) is 0 Å². The molecule has 0 fully saturated rings. The summed E-state index contributed by atoms with van der Waals surface area (Å²) in [6.07, 6.45) is 1.83. The molecule has 0 saturated carbocycles. The van der Waals surface area contributed by atoms with Gasteiger partial charge in [-0.15, -0.1) is 11.8 Å². The molecule has 1 nitrogen and oxygen atoms in total. The smallest absolute Gasteiger partial charge is 0.0575 e. The maximum atomic E-state index is 5.08. The number of hydrogen-bond acceptors (Lipinski definition) is 1. The fraction of sp³-hybridized carbons (Fsp3) is 0.750. The van der Waals surface area contributed by atoms with Gasteiger partial charge >= 0.3 is 0 Å². The van der Waals surface area contributed by atoms with Gasteiger partial charge in [-0.05, 0) is 6.92 Å². The zero-order chi connectivity index (χ0) is 6.95. The molecule has 0 aliphatic carbocycles. The molecule has 0 atom stereocenters. The van der Waals surface area contributed by atoms with Crippen LogP contribution >= 0.6 is 0 Å². The third-order valence-corrected chi connectivity index (χ3v) is 0.877. The summed E-state index contributed by atoms with van der Waals surface area (Å²) in [4.78, 5) is 0. The van der Waals surface area contributed by atoms with Gasteiger partial charge in [-0.2, -0.15) is 0 Å². The van der Waals surface area contributed by atoms with E-state index in [0.717, 1.165) is 26.1 Å². The molecule has 0 radical (unpaired) electrons. The first-order valence-corrected chi connectivity index (χ1v) is 3.45. The van der Waals surface area contributed by atoms with Gasteiger partial charge in [-0.1, -0.05) is 6.92 Å². The van der Waals surface area contributed by atoms with Crippen LogP contribution in [0.15, 0.2) is 0 Å². The van der Waals surface area contributed by atoms with E-state index in [4.69, 9.17) is 4.74 Å². The average molecular weight is 126 g/mol. The maximum Gasteiger partial charge on any atom is 0.0575 e. The number of ether oxygens (including phenoxy) is 1. The molecule has 0 unspecified atom stereocenters. The van der Waals surface area contributed by atoms with Gasteiger partial charge < -0.3 is 4.74 Å². The number of hydrogen-bond donors (Lipinski definition) is 0. The molecule has 0 spiro atoms. The minimum atomic E-state index is 0.781. The highest BCUT2D eigenvalue weighted by Crippen LogP contribution is 1.79. The molecule has 0 bridgehead atoms. The van der Waals surface area contributed by atoms with Crippen molar-refractivity contribution < 1.29 is 4.74 Å². The van der Waals surface area contributed by atoms with Crippen molar-refractivity contribution in [2.45, 2.75) is 26.7 Å². The molecular weight excluding hydrogens is 112 g/mol. The van der Waals surface area contributed by atoms with Crippen LogP contribution in [-0.4, -0.2) is 13.2 Å². The second-order valence-electron chi connectivity index (χ2n) is 1.65. The van der Waals surface area contributed by atoms with E-state index in [2.05, 4.69) is 11.8 Å². The Labute approximate surface area is 57.4 Å². The van der Waals surface area contributed by atoms with Crippen molar-refractivity contribution in [2.24, 2.45) is 0 Å². The quantitative estimate of drug-likeness (QED) is 0.414. The molecule has 0 aliphatic rings. The Bertz CT molecular complexity index is 96.9. The Morgan fingerprint density at radius 1 is 1.22 bits per heavy atom. The SMILES string of the molecule is CCC#CCCOCC. The predicted molar refractivity (Wildman–Crippen MR) is 39.2 cm³/mol. The van der Waals surface area contributed by atoms with Gasteiger partial charge in [-0.25, -0.2) is 0 Å². The lowest BCUT2D eigenvalue weighted by molar-refractivity contribution is 0.154. The molecule has 0 rings (SSSR count). The molecule has 1 heteroatoms. The van der Waals surface area contributed by atoms with Gasteiger partial charge in [0.1, 0.15) is 0 Å². The second kappa shape index (κ2) is 7.52. The van der Waals surface area contributed by atoms with Crippen molar-refractivity contribution in [3.63, 3.8) is 0 Å². The topological polar surface area (TPSA) is 9.23 Å². The van der Waals surface area contributed by atoms with Crippen molar-refractivity contribution in [1.29, 1.82) is 0 Å². The molecule has 0 aromatic rings. The normalized spacial score (nSPS) is 8.22. The van der Waals surface area contributed by atoms with Gasteiger partial charge in [0.25, 0.3) is 0 Å². The van der Waals surface area contributed by atoms with Gasteiger partial charge in [0.15, 0.2) is 0 Å². The molecule has 0 aromatic heterocycles. The van der Waals surface area contributed by atoms with Gasteiger partial charge in [0.2, 0.25) is 0 Å². The summed E-state index contributed by atoms with van der Waals surface area (Å²) in [5.74, 6) is 5.97. The molecule has 0 aromatic carbocycles. The lowest BCUT2D eigenvalue weighted by atomic mass is 10.4. The van der Waals surface area contributed by atoms with Crippen molar-refractivity contribution in [3.8, 4) is 11.8 Å². The van der Waals surface area contributed by atoms with E-state index < -0.39 is 0 Å². The minimum absolute atomic E-state index is 0.781. The molecule has 52 valence electrons. The molecule has 0 saturated heterocycles. The third kappa shape index (κ3) is 7.52. The van der Waals surface area contributed by atoms with E-state index in [0.29, 0.717) is 0 Å². The van der Waals surface area contributed by atoms with Gasteiger partial charge in [0, 0.05) is 19.4 Å². The summed E-state index contributed by atoms with van der Waals surface area (Å²) in [5.41, 5.74) is 0. The fourth-order valence-corrected chi connectivity index (χ4v) is 0.481. The molecule has 0 amide bonds. The zero-order valence-corrected chi connectivity index (χ0v) is 6.24. The average Bonchev–Trinajstić information content (AvgIpc) is 1.89. The molecular formula is C8H14O. The summed E-state index contributed by atoms with van der Waals surface area (Å²) in [7, 11) is 0. The fourth-order valence-electron chi connectivity index (χ4n) is 0.481. The zero-order valence-electron chi connectivity index (χ0n) is 6.24. The molecule has 0 heterocycles. The highest BCUT2D eigenvalue weighted by Gasteiger charge is 1.77. The predicted octanol–water partition coefficient (Wildman–Crippen LogP) is 1.83. The van der Waals surface area contributed by atoms with Crippen LogP contribution in [0.1, 0.15) is 26.7 Å². The van der Waals surface area contributed by atoms with E-state index in [1.165, 1.54) is 0 Å². The highest BCUT2D eigenvalue weighted by atomic mass is 16.5. The van der Waals surface area contributed by atoms with Crippen molar-refractivity contribution in [1.82, 2.24) is 0 Å². The largest absolute Gasteiger partial charge is 0.381 e. The second-order valence-corrected chi connectivity index (χ2v) is 1.65. The lowest BCUT2D eigenvalue weighted by Gasteiger charge is -1.92. The first kappa shape index (κ1) is 8.52. The highest BCUT2D eigenvalue weighted by molar-refractivity contribution is 4.97. The minimum Gasteiger partial charge on any atom is -0.381 e. The summed E-state index contributed by atoms with van der Waals surface area (Å²) < 4.78 is 5.08. The van der Waals surface area contributed by atoms with Crippen LogP contribution in [0.2, 0.25) is 0 Å². The van der Waals surface area contributed by atoms with E-state index >= 15 is 0 Å². The van der Waals surface area contributed by atoms with Crippen LogP contribution in [0, 0.1) is 11.8 Å². The Kier molecular flexibility index (Phi) is 7.12. The summed E-state index contributed by atoms with van der Waals surface area (Å²) in [6, 6.07) is 0. The van der Waals surface area contributed by atoms with Crippen LogP contribution in [-0.2, 0) is 4.74 Å². The van der Waals surface area contributed by atoms with Gasteiger partial charge in [0.05, 0.1) is 6.61 Å². The van der Waals surface area contributed by atoms with Crippen molar-refractivity contribution in [3.05, 3.63) is 0 Å². The van der Waals surface area contributed by atoms with Crippen LogP contribution < -0.4 is 0 Å². The Morgan fingerprint density at radius 3 is 2.56 bits per heavy atom. The van der Waals surface area contributed by atoms with Crippen LogP contribution in [0.5, 0.6) is 0 Å². The number of rotatable bonds is 3. The first-order chi connectivity index (χ1) is 4.41. The first-order valence-electron chi connectivity index (χ1n) is 3.45. The van der Waals surface area contributed by atoms with Crippen molar-refractivity contribution in [2.75, 3.05) is 13.2 Å². The lowest BCUT2D eigenvalue weighted by Crippen LogP contribution is -1.90. The summed E-state index contributed by atoms with van der Waals surface area (Å²) in [6.45, 7) is 5.62. The van der Waals surface area contributed by atoms with E-state index in [9.17, 15) is 0 Å². The van der Waals surface area contributed by atoms with E-state index in [1.807, 2.05) is 13.8 Å². The maximum absolute atomic E-state index is 5.08. The Balaban J connectivity index is 2.90. The standard InChI is InChI=1S/C8H14O/c1-3-5-6-7-8-9-4-2/h3-4,7-8H2,1-2H3. The van der Waals surface area contributed by atoms with Gasteiger partial charge in [-0.3, -0.25) is 0 Å². The third-order valence-electron chi connectivity index (χ3n) is 0.877. The van der Waals surface area contributed by atoms with E-state index in [-0.39, 0.29) is 0 Å². The molecule has 0 aliphatic heterocycles.